The number of nitrogens with one attached hydrogen (secondary N) is 1. The molecule has 1 amide bonds. The summed E-state index contributed by atoms with van der Waals surface area (Å²) in [4.78, 5) is 40.7. The Labute approximate surface area is 166 Å². The van der Waals surface area contributed by atoms with Crippen molar-refractivity contribution in [2.24, 2.45) is 5.92 Å². The Morgan fingerprint density at radius 2 is 2.00 bits per heavy atom. The third kappa shape index (κ3) is 4.45. The molecule has 9 heteroatoms. The Balaban J connectivity index is 1.77. The van der Waals surface area contributed by atoms with Gasteiger partial charge < -0.3 is 19.3 Å². The second-order valence-corrected chi connectivity index (χ2v) is 6.72. The standard InChI is InChI=1S/C20H21N3O6/c1-11(2)19(25)22-15-8-13(5-6-16(15)27-4)20(26)28-10-14-9-18(24)23-17(21-14)7-12(3)29-23/h5-9,11H,10H2,1-4H3,(H,22,25). The quantitative estimate of drug-likeness (QED) is 0.634. The number of aromatic nitrogens is 2. The van der Waals surface area contributed by atoms with E-state index in [1.165, 1.54) is 25.3 Å². The fourth-order valence-electron chi connectivity index (χ4n) is 2.58. The largest absolute Gasteiger partial charge is 0.495 e. The van der Waals surface area contributed by atoms with Crippen molar-refractivity contribution in [1.82, 2.24) is 9.56 Å². The van der Waals surface area contributed by atoms with Crippen molar-refractivity contribution in [3.8, 4) is 5.75 Å². The molecule has 0 fully saturated rings. The molecule has 0 saturated heterocycles. The van der Waals surface area contributed by atoms with Gasteiger partial charge in [-0.25, -0.2) is 9.78 Å². The second kappa shape index (κ2) is 8.17. The molecule has 0 spiro atoms. The highest BCUT2D eigenvalue weighted by atomic mass is 16.5. The van der Waals surface area contributed by atoms with Gasteiger partial charge in [0.15, 0.2) is 5.65 Å². The van der Waals surface area contributed by atoms with Crippen LogP contribution < -0.4 is 15.6 Å². The number of hydrogen-bond acceptors (Lipinski definition) is 7. The molecule has 0 aliphatic rings. The molecule has 29 heavy (non-hydrogen) atoms. The lowest BCUT2D eigenvalue weighted by Gasteiger charge is -2.13. The van der Waals surface area contributed by atoms with Gasteiger partial charge in [-0.05, 0) is 25.1 Å². The van der Waals surface area contributed by atoms with Crippen LogP contribution >= 0.6 is 0 Å². The lowest BCUT2D eigenvalue weighted by atomic mass is 10.1. The first-order chi connectivity index (χ1) is 13.8. The van der Waals surface area contributed by atoms with Crippen LogP contribution in [0.5, 0.6) is 5.75 Å². The Kier molecular flexibility index (Phi) is 5.67. The van der Waals surface area contributed by atoms with Crippen LogP contribution in [0, 0.1) is 12.8 Å². The highest BCUT2D eigenvalue weighted by Gasteiger charge is 2.16. The van der Waals surface area contributed by atoms with Crippen LogP contribution in [0.4, 0.5) is 5.69 Å². The molecular weight excluding hydrogens is 378 g/mol. The molecule has 0 unspecified atom stereocenters. The Hall–Kier alpha value is -3.62. The molecule has 0 aliphatic heterocycles. The van der Waals surface area contributed by atoms with Crippen LogP contribution in [-0.4, -0.2) is 28.5 Å². The molecule has 0 bridgehead atoms. The summed E-state index contributed by atoms with van der Waals surface area (Å²) < 4.78 is 16.8. The van der Waals surface area contributed by atoms with Gasteiger partial charge >= 0.3 is 5.97 Å². The molecule has 2 heterocycles. The number of fused-ring (bicyclic) bond motifs is 1. The minimum Gasteiger partial charge on any atom is -0.495 e. The highest BCUT2D eigenvalue weighted by Crippen LogP contribution is 2.26. The van der Waals surface area contributed by atoms with E-state index in [1.807, 2.05) is 0 Å². The van der Waals surface area contributed by atoms with Crippen molar-refractivity contribution in [3.05, 3.63) is 57.7 Å². The van der Waals surface area contributed by atoms with E-state index in [4.69, 9.17) is 14.0 Å². The summed E-state index contributed by atoms with van der Waals surface area (Å²) in [5.41, 5.74) is 0.821. The van der Waals surface area contributed by atoms with Crippen LogP contribution in [0.15, 0.2) is 39.6 Å². The summed E-state index contributed by atoms with van der Waals surface area (Å²) in [6.07, 6.45) is 0. The number of ether oxygens (including phenoxy) is 2. The molecule has 3 aromatic rings. The SMILES string of the molecule is COc1ccc(C(=O)OCc2cc(=O)n3oc(C)cc3n2)cc1NC(=O)C(C)C. The molecule has 1 N–H and O–H groups in total. The maximum atomic E-state index is 12.4. The smallest absolute Gasteiger partial charge is 0.338 e. The van der Waals surface area contributed by atoms with Crippen LogP contribution in [0.2, 0.25) is 0 Å². The summed E-state index contributed by atoms with van der Waals surface area (Å²) in [6, 6.07) is 7.42. The lowest BCUT2D eigenvalue weighted by Crippen LogP contribution is -2.18. The number of aryl methyl sites for hydroxylation is 1. The summed E-state index contributed by atoms with van der Waals surface area (Å²) in [7, 11) is 1.47. The second-order valence-electron chi connectivity index (χ2n) is 6.72. The summed E-state index contributed by atoms with van der Waals surface area (Å²) in [5, 5.41) is 2.72. The molecule has 9 nitrogen and oxygen atoms in total. The molecule has 0 radical (unpaired) electrons. The van der Waals surface area contributed by atoms with E-state index >= 15 is 0 Å². The number of rotatable bonds is 6. The zero-order valence-electron chi connectivity index (χ0n) is 16.5. The number of anilines is 1. The molecule has 0 aliphatic carbocycles. The van der Waals surface area contributed by atoms with E-state index < -0.39 is 11.5 Å². The number of esters is 1. The first-order valence-corrected chi connectivity index (χ1v) is 8.94. The number of hydrogen-bond donors (Lipinski definition) is 1. The van der Waals surface area contributed by atoms with E-state index in [9.17, 15) is 14.4 Å². The molecular formula is C20H21N3O6. The van der Waals surface area contributed by atoms with Crippen molar-refractivity contribution >= 4 is 23.2 Å². The Morgan fingerprint density at radius 3 is 2.69 bits per heavy atom. The maximum absolute atomic E-state index is 12.4. The molecule has 152 valence electrons. The first-order valence-electron chi connectivity index (χ1n) is 8.94. The van der Waals surface area contributed by atoms with Gasteiger partial charge in [-0.2, -0.15) is 0 Å². The van der Waals surface area contributed by atoms with E-state index in [-0.39, 0.29) is 24.0 Å². The van der Waals surface area contributed by atoms with Crippen molar-refractivity contribution in [2.75, 3.05) is 12.4 Å². The third-order valence-electron chi connectivity index (χ3n) is 4.09. The van der Waals surface area contributed by atoms with Gasteiger partial charge in [-0.15, -0.1) is 4.57 Å². The number of amides is 1. The van der Waals surface area contributed by atoms with Crippen LogP contribution in [-0.2, 0) is 16.1 Å². The average Bonchev–Trinajstić information content (AvgIpc) is 3.06. The number of nitrogens with zero attached hydrogens (tertiary/aromatic N) is 2. The lowest BCUT2D eigenvalue weighted by molar-refractivity contribution is -0.118. The van der Waals surface area contributed by atoms with Crippen LogP contribution in [0.25, 0.3) is 5.65 Å². The number of benzene rings is 1. The predicted molar refractivity (Wildman–Crippen MR) is 104 cm³/mol. The zero-order chi connectivity index (χ0) is 21.1. The molecule has 2 aromatic heterocycles. The summed E-state index contributed by atoms with van der Waals surface area (Å²) >= 11 is 0. The normalized spacial score (nSPS) is 10.9. The van der Waals surface area contributed by atoms with Gasteiger partial charge in [0.2, 0.25) is 5.91 Å². The number of carbonyl (C=O) groups excluding carboxylic acids is 2. The number of methoxy groups -OCH3 is 1. The third-order valence-corrected chi connectivity index (χ3v) is 4.09. The van der Waals surface area contributed by atoms with Gasteiger partial charge in [-0.3, -0.25) is 9.59 Å². The Morgan fingerprint density at radius 1 is 1.24 bits per heavy atom. The highest BCUT2D eigenvalue weighted by molar-refractivity contribution is 5.96. The fourth-order valence-corrected chi connectivity index (χ4v) is 2.58. The van der Waals surface area contributed by atoms with Gasteiger partial charge in [0.25, 0.3) is 5.56 Å². The maximum Gasteiger partial charge on any atom is 0.338 e. The summed E-state index contributed by atoms with van der Waals surface area (Å²) in [5.74, 6) is -0.105. The van der Waals surface area contributed by atoms with Crippen molar-refractivity contribution in [3.63, 3.8) is 0 Å². The van der Waals surface area contributed by atoms with Gasteiger partial charge in [-0.1, -0.05) is 13.8 Å². The zero-order valence-corrected chi connectivity index (χ0v) is 16.5. The van der Waals surface area contributed by atoms with Gasteiger partial charge in [0.05, 0.1) is 24.1 Å². The fraction of sp³-hybridized carbons (Fsp3) is 0.300. The van der Waals surface area contributed by atoms with E-state index in [1.54, 1.807) is 32.9 Å². The molecule has 0 saturated carbocycles. The average molecular weight is 399 g/mol. The minimum atomic E-state index is -0.627. The molecule has 0 atom stereocenters. The van der Waals surface area contributed by atoms with Crippen molar-refractivity contribution in [2.45, 2.75) is 27.4 Å². The van der Waals surface area contributed by atoms with Gasteiger partial charge in [0.1, 0.15) is 18.1 Å². The predicted octanol–water partition coefficient (Wildman–Crippen LogP) is 2.56. The van der Waals surface area contributed by atoms with E-state index in [2.05, 4.69) is 10.3 Å². The van der Waals surface area contributed by atoms with E-state index in [0.29, 0.717) is 28.5 Å². The monoisotopic (exact) mass is 399 g/mol. The van der Waals surface area contributed by atoms with Gasteiger partial charge in [0, 0.05) is 18.1 Å². The van der Waals surface area contributed by atoms with Crippen molar-refractivity contribution in [1.29, 1.82) is 0 Å². The topological polar surface area (TPSA) is 112 Å². The van der Waals surface area contributed by atoms with Crippen molar-refractivity contribution < 1.29 is 23.6 Å². The first kappa shape index (κ1) is 20.1. The molecule has 1 aromatic carbocycles. The number of carbonyl (C=O) groups is 2. The van der Waals surface area contributed by atoms with E-state index in [0.717, 1.165) is 4.57 Å². The summed E-state index contributed by atoms with van der Waals surface area (Å²) in [6.45, 7) is 5.03. The van der Waals surface area contributed by atoms with Crippen LogP contribution in [0.1, 0.15) is 35.7 Å². The Bertz CT molecular complexity index is 1130. The minimum absolute atomic E-state index is 0.186. The molecule has 3 rings (SSSR count). The van der Waals surface area contributed by atoms with Crippen LogP contribution in [0.3, 0.4) is 0 Å².